The van der Waals surface area contributed by atoms with E-state index in [4.69, 9.17) is 0 Å². The van der Waals surface area contributed by atoms with Gasteiger partial charge in [-0.1, -0.05) is 6.92 Å². The van der Waals surface area contributed by atoms with Crippen LogP contribution in [0, 0.1) is 5.92 Å². The Morgan fingerprint density at radius 2 is 2.28 bits per heavy atom. The fourth-order valence-corrected chi connectivity index (χ4v) is 1.80. The van der Waals surface area contributed by atoms with Crippen molar-refractivity contribution >= 4 is 23.3 Å². The number of carbonyl (C=O) groups is 2. The number of rotatable bonds is 2. The number of pyridine rings is 1. The number of nitrogens with zero attached hydrogens (tertiary/aromatic N) is 2. The second kappa shape index (κ2) is 4.95. The summed E-state index contributed by atoms with van der Waals surface area (Å²) in [5.74, 6) is 0.325. The monoisotopic (exact) mass is 246 g/mol. The van der Waals surface area contributed by atoms with Gasteiger partial charge in [0, 0.05) is 31.0 Å². The van der Waals surface area contributed by atoms with E-state index in [0.29, 0.717) is 12.2 Å². The Bertz CT molecular complexity index is 507. The van der Waals surface area contributed by atoms with Crippen molar-refractivity contribution in [2.45, 2.75) is 20.3 Å². The highest BCUT2D eigenvalue weighted by Gasteiger charge is 2.21. The summed E-state index contributed by atoms with van der Waals surface area (Å²) in [5.41, 5.74) is 4.11. The van der Waals surface area contributed by atoms with E-state index < -0.39 is 0 Å². The molecule has 0 aliphatic carbocycles. The maximum absolute atomic E-state index is 11.1. The van der Waals surface area contributed by atoms with Crippen molar-refractivity contribution < 1.29 is 9.59 Å². The molecule has 0 aromatic carbocycles. The summed E-state index contributed by atoms with van der Waals surface area (Å²) in [4.78, 5) is 26.1. The molecule has 0 saturated carbocycles. The van der Waals surface area contributed by atoms with Gasteiger partial charge in [-0.3, -0.25) is 9.59 Å². The molecule has 1 atom stereocenters. The minimum absolute atomic E-state index is 0.0622. The van der Waals surface area contributed by atoms with Crippen molar-refractivity contribution in [2.75, 3.05) is 5.32 Å². The van der Waals surface area contributed by atoms with Crippen LogP contribution in [-0.4, -0.2) is 22.5 Å². The van der Waals surface area contributed by atoms with Crippen molar-refractivity contribution in [2.24, 2.45) is 11.0 Å². The molecular formula is C12H14N4O2. The first kappa shape index (κ1) is 12.2. The SMILES string of the molecule is CC(=O)Nc1ccc(C2=NNC(=O)CC2C)cn1. The molecule has 1 aromatic rings. The molecule has 0 radical (unpaired) electrons. The summed E-state index contributed by atoms with van der Waals surface area (Å²) in [7, 11) is 0. The predicted octanol–water partition coefficient (Wildman–Crippen LogP) is 0.900. The summed E-state index contributed by atoms with van der Waals surface area (Å²) >= 11 is 0. The van der Waals surface area contributed by atoms with Crippen LogP contribution in [0.4, 0.5) is 5.82 Å². The van der Waals surface area contributed by atoms with E-state index in [1.165, 1.54) is 6.92 Å². The summed E-state index contributed by atoms with van der Waals surface area (Å²) in [5, 5.41) is 6.64. The van der Waals surface area contributed by atoms with Gasteiger partial charge >= 0.3 is 0 Å². The Balaban J connectivity index is 2.19. The number of hydrogen-bond donors (Lipinski definition) is 2. The number of amides is 2. The quantitative estimate of drug-likeness (QED) is 0.813. The van der Waals surface area contributed by atoms with E-state index in [1.54, 1.807) is 12.3 Å². The summed E-state index contributed by atoms with van der Waals surface area (Å²) in [6, 6.07) is 3.54. The Morgan fingerprint density at radius 1 is 1.50 bits per heavy atom. The second-order valence-corrected chi connectivity index (χ2v) is 4.25. The van der Waals surface area contributed by atoms with Gasteiger partial charge in [0.2, 0.25) is 11.8 Å². The van der Waals surface area contributed by atoms with E-state index >= 15 is 0 Å². The molecule has 6 nitrogen and oxygen atoms in total. The Morgan fingerprint density at radius 3 is 2.83 bits per heavy atom. The molecule has 1 aliphatic rings. The third-order valence-corrected chi connectivity index (χ3v) is 2.62. The summed E-state index contributed by atoms with van der Waals surface area (Å²) in [6.07, 6.45) is 2.06. The normalized spacial score (nSPS) is 18.9. The molecule has 2 rings (SSSR count). The molecule has 6 heteroatoms. The average molecular weight is 246 g/mol. The molecule has 2 N–H and O–H groups in total. The fraction of sp³-hybridized carbons (Fsp3) is 0.333. The van der Waals surface area contributed by atoms with Gasteiger partial charge in [-0.25, -0.2) is 10.4 Å². The first-order valence-electron chi connectivity index (χ1n) is 5.66. The minimum atomic E-state index is -0.161. The molecule has 1 aliphatic heterocycles. The molecule has 0 bridgehead atoms. The van der Waals surface area contributed by atoms with Gasteiger partial charge in [0.1, 0.15) is 5.82 Å². The molecule has 2 amide bonds. The van der Waals surface area contributed by atoms with Crippen LogP contribution in [0.1, 0.15) is 25.8 Å². The first-order chi connectivity index (χ1) is 8.56. The van der Waals surface area contributed by atoms with Crippen LogP contribution in [0.2, 0.25) is 0 Å². The lowest BCUT2D eigenvalue weighted by molar-refractivity contribution is -0.122. The number of hydrogen-bond acceptors (Lipinski definition) is 4. The zero-order chi connectivity index (χ0) is 13.1. The highest BCUT2D eigenvalue weighted by molar-refractivity contribution is 6.05. The van der Waals surface area contributed by atoms with Crippen LogP contribution in [-0.2, 0) is 9.59 Å². The van der Waals surface area contributed by atoms with E-state index in [-0.39, 0.29) is 17.7 Å². The van der Waals surface area contributed by atoms with Gasteiger partial charge in [0.05, 0.1) is 5.71 Å². The van der Waals surface area contributed by atoms with Crippen molar-refractivity contribution in [3.05, 3.63) is 23.9 Å². The lowest BCUT2D eigenvalue weighted by Gasteiger charge is -2.18. The topological polar surface area (TPSA) is 83.5 Å². The maximum atomic E-state index is 11.1. The van der Waals surface area contributed by atoms with Gasteiger partial charge in [0.25, 0.3) is 0 Å². The Hall–Kier alpha value is -2.24. The zero-order valence-electron chi connectivity index (χ0n) is 10.2. The molecule has 0 spiro atoms. The van der Waals surface area contributed by atoms with Crippen molar-refractivity contribution in [3.63, 3.8) is 0 Å². The predicted molar refractivity (Wildman–Crippen MR) is 67.0 cm³/mol. The van der Waals surface area contributed by atoms with E-state index in [2.05, 4.69) is 20.8 Å². The number of anilines is 1. The molecule has 1 unspecified atom stereocenters. The number of nitrogens with one attached hydrogen (secondary N) is 2. The minimum Gasteiger partial charge on any atom is -0.311 e. The van der Waals surface area contributed by atoms with Crippen LogP contribution >= 0.6 is 0 Å². The molecule has 2 heterocycles. The summed E-state index contributed by atoms with van der Waals surface area (Å²) < 4.78 is 0. The average Bonchev–Trinajstić information content (AvgIpc) is 2.30. The van der Waals surface area contributed by atoms with E-state index in [0.717, 1.165) is 11.3 Å². The molecule has 0 saturated heterocycles. The highest BCUT2D eigenvalue weighted by atomic mass is 16.2. The summed E-state index contributed by atoms with van der Waals surface area (Å²) in [6.45, 7) is 3.37. The Kier molecular flexibility index (Phi) is 3.36. The van der Waals surface area contributed by atoms with Crippen molar-refractivity contribution in [1.82, 2.24) is 10.4 Å². The molecule has 0 fully saturated rings. The van der Waals surface area contributed by atoms with E-state index in [1.807, 2.05) is 13.0 Å². The molecular weight excluding hydrogens is 232 g/mol. The number of aromatic nitrogens is 1. The maximum Gasteiger partial charge on any atom is 0.240 e. The zero-order valence-corrected chi connectivity index (χ0v) is 10.2. The lowest BCUT2D eigenvalue weighted by Crippen LogP contribution is -2.32. The standard InChI is InChI=1S/C12H14N4O2/c1-7-5-11(18)15-16-12(7)9-3-4-10(13-6-9)14-8(2)17/h3-4,6-7H,5H2,1-2H3,(H,15,18)(H,13,14,17). The van der Waals surface area contributed by atoms with Crippen LogP contribution < -0.4 is 10.7 Å². The first-order valence-corrected chi connectivity index (χ1v) is 5.66. The smallest absolute Gasteiger partial charge is 0.240 e. The van der Waals surface area contributed by atoms with E-state index in [9.17, 15) is 9.59 Å². The third kappa shape index (κ3) is 2.71. The lowest BCUT2D eigenvalue weighted by atomic mass is 9.95. The van der Waals surface area contributed by atoms with Crippen LogP contribution in [0.25, 0.3) is 0 Å². The number of hydrazone groups is 1. The molecule has 1 aromatic heterocycles. The molecule has 18 heavy (non-hydrogen) atoms. The second-order valence-electron chi connectivity index (χ2n) is 4.25. The Labute approximate surface area is 104 Å². The fourth-order valence-electron chi connectivity index (χ4n) is 1.80. The van der Waals surface area contributed by atoms with Gasteiger partial charge in [-0.05, 0) is 12.1 Å². The van der Waals surface area contributed by atoms with Crippen LogP contribution in [0.15, 0.2) is 23.4 Å². The molecule has 94 valence electrons. The van der Waals surface area contributed by atoms with Crippen molar-refractivity contribution in [3.8, 4) is 0 Å². The van der Waals surface area contributed by atoms with Crippen LogP contribution in [0.5, 0.6) is 0 Å². The number of carbonyl (C=O) groups excluding carboxylic acids is 2. The third-order valence-electron chi connectivity index (χ3n) is 2.62. The van der Waals surface area contributed by atoms with Gasteiger partial charge in [-0.15, -0.1) is 0 Å². The largest absolute Gasteiger partial charge is 0.311 e. The van der Waals surface area contributed by atoms with Crippen LogP contribution in [0.3, 0.4) is 0 Å². The van der Waals surface area contributed by atoms with Gasteiger partial charge in [-0.2, -0.15) is 5.10 Å². The highest BCUT2D eigenvalue weighted by Crippen LogP contribution is 2.16. The van der Waals surface area contributed by atoms with Crippen molar-refractivity contribution in [1.29, 1.82) is 0 Å². The van der Waals surface area contributed by atoms with Gasteiger partial charge < -0.3 is 5.32 Å². The van der Waals surface area contributed by atoms with Gasteiger partial charge in [0.15, 0.2) is 0 Å².